The summed E-state index contributed by atoms with van der Waals surface area (Å²) in [6.45, 7) is 4.18. The van der Waals surface area contributed by atoms with Crippen molar-refractivity contribution >= 4 is 5.97 Å². The normalized spacial score (nSPS) is 31.8. The molecule has 0 unspecified atom stereocenters. The number of methoxy groups -OCH3 is 1. The van der Waals surface area contributed by atoms with E-state index in [9.17, 15) is 4.79 Å². The first-order valence-electron chi connectivity index (χ1n) is 12.3. The van der Waals surface area contributed by atoms with Gasteiger partial charge in [-0.05, 0) is 81.9 Å². The lowest BCUT2D eigenvalue weighted by Crippen LogP contribution is -2.47. The van der Waals surface area contributed by atoms with Crippen molar-refractivity contribution in [1.29, 1.82) is 0 Å². The Kier molecular flexibility index (Phi) is 7.87. The molecule has 0 spiro atoms. The van der Waals surface area contributed by atoms with E-state index >= 15 is 0 Å². The molecule has 2 saturated carbocycles. The van der Waals surface area contributed by atoms with Crippen LogP contribution in [0.5, 0.6) is 0 Å². The Morgan fingerprint density at radius 3 is 2.41 bits per heavy atom. The van der Waals surface area contributed by atoms with E-state index in [0.717, 1.165) is 38.9 Å². The van der Waals surface area contributed by atoms with Gasteiger partial charge in [-0.15, -0.1) is 0 Å². The lowest BCUT2D eigenvalue weighted by atomic mass is 9.72. The van der Waals surface area contributed by atoms with E-state index in [1.807, 2.05) is 12.1 Å². The van der Waals surface area contributed by atoms with Crippen molar-refractivity contribution in [3.63, 3.8) is 0 Å². The molecule has 2 saturated heterocycles. The van der Waals surface area contributed by atoms with Crippen LogP contribution >= 0.6 is 0 Å². The highest BCUT2D eigenvalue weighted by Gasteiger charge is 2.42. The van der Waals surface area contributed by atoms with Crippen LogP contribution in [0.3, 0.4) is 0 Å². The Labute approximate surface area is 192 Å². The molecule has 0 amide bonds. The second kappa shape index (κ2) is 10.6. The Hall–Kier alpha value is -1.47. The molecular weight excluding hydrogens is 406 g/mol. The quantitative estimate of drug-likeness (QED) is 0.574. The average Bonchev–Trinajstić information content (AvgIpc) is 2.87. The first-order valence-corrected chi connectivity index (χ1v) is 12.3. The van der Waals surface area contributed by atoms with Gasteiger partial charge in [-0.3, -0.25) is 0 Å². The van der Waals surface area contributed by atoms with E-state index in [0.29, 0.717) is 24.2 Å². The summed E-state index contributed by atoms with van der Waals surface area (Å²) in [5.74, 6) is 0.229. The van der Waals surface area contributed by atoms with Crippen LogP contribution in [-0.4, -0.2) is 57.3 Å². The van der Waals surface area contributed by atoms with Gasteiger partial charge in [0.1, 0.15) is 0 Å². The fourth-order valence-corrected chi connectivity index (χ4v) is 5.38. The standard InChI is InChI=1S/C26H39NO5/c1-18(31-16-26-13-11-23(12-14-26)32-17-26)24(27)15-30-22-9-7-20(8-10-22)19-3-5-21(6-4-19)25(28)29-2/h3-6,18,20,22-24H,7-17,27H2,1-2H3/t18-,20?,22?,23?,24-,26?/m1/s1. The number of benzene rings is 1. The van der Waals surface area contributed by atoms with E-state index in [1.54, 1.807) is 0 Å². The van der Waals surface area contributed by atoms with Crippen LogP contribution in [0.2, 0.25) is 0 Å². The van der Waals surface area contributed by atoms with E-state index in [1.165, 1.54) is 38.4 Å². The number of carbonyl (C=O) groups is 1. The Bertz CT molecular complexity index is 721. The number of esters is 1. The molecule has 2 N–H and O–H groups in total. The minimum Gasteiger partial charge on any atom is -0.465 e. The molecule has 2 bridgehead atoms. The maximum atomic E-state index is 11.6. The van der Waals surface area contributed by atoms with Gasteiger partial charge >= 0.3 is 5.97 Å². The maximum absolute atomic E-state index is 11.6. The predicted molar refractivity (Wildman–Crippen MR) is 123 cm³/mol. The van der Waals surface area contributed by atoms with Crippen LogP contribution in [0, 0.1) is 5.41 Å². The highest BCUT2D eigenvalue weighted by Crippen LogP contribution is 2.43. The zero-order chi connectivity index (χ0) is 22.6. The van der Waals surface area contributed by atoms with Gasteiger partial charge in [-0.1, -0.05) is 12.1 Å². The van der Waals surface area contributed by atoms with Crippen LogP contribution in [-0.2, 0) is 18.9 Å². The lowest BCUT2D eigenvalue weighted by molar-refractivity contribution is -0.151. The number of carbonyl (C=O) groups excluding carboxylic acids is 1. The first-order chi connectivity index (χ1) is 15.5. The van der Waals surface area contributed by atoms with E-state index < -0.39 is 0 Å². The van der Waals surface area contributed by atoms with Crippen LogP contribution in [0.15, 0.2) is 24.3 Å². The molecule has 1 aromatic carbocycles. The molecule has 5 rings (SSSR count). The summed E-state index contributed by atoms with van der Waals surface area (Å²) in [5, 5.41) is 0. The summed E-state index contributed by atoms with van der Waals surface area (Å²) in [6.07, 6.45) is 9.75. The van der Waals surface area contributed by atoms with Crippen LogP contribution < -0.4 is 5.73 Å². The molecule has 0 radical (unpaired) electrons. The molecule has 6 nitrogen and oxygen atoms in total. The molecule has 2 atom stereocenters. The van der Waals surface area contributed by atoms with Crippen molar-refractivity contribution < 1.29 is 23.7 Å². The van der Waals surface area contributed by atoms with Crippen LogP contribution in [0.25, 0.3) is 0 Å². The van der Waals surface area contributed by atoms with Crippen molar-refractivity contribution in [3.8, 4) is 0 Å². The Balaban J connectivity index is 1.15. The van der Waals surface area contributed by atoms with Crippen molar-refractivity contribution in [2.24, 2.45) is 11.1 Å². The largest absolute Gasteiger partial charge is 0.465 e. The second-order valence-electron chi connectivity index (χ2n) is 10.1. The number of hydrogen-bond acceptors (Lipinski definition) is 6. The number of ether oxygens (including phenoxy) is 4. The van der Waals surface area contributed by atoms with Gasteiger partial charge in [0, 0.05) is 5.41 Å². The summed E-state index contributed by atoms with van der Waals surface area (Å²) in [7, 11) is 1.41. The van der Waals surface area contributed by atoms with Gasteiger partial charge in [0.25, 0.3) is 0 Å². The topological polar surface area (TPSA) is 80.0 Å². The summed E-state index contributed by atoms with van der Waals surface area (Å²) >= 11 is 0. The van der Waals surface area contributed by atoms with E-state index in [-0.39, 0.29) is 29.6 Å². The third-order valence-corrected chi connectivity index (χ3v) is 7.88. The first kappa shape index (κ1) is 23.7. The lowest BCUT2D eigenvalue weighted by Gasteiger charge is -2.46. The SMILES string of the molecule is COC(=O)c1ccc(C2CCC(OC[C@@H](N)[C@@H](C)OCC34CCC(CC3)OC4)CC2)cc1. The summed E-state index contributed by atoms with van der Waals surface area (Å²) in [4.78, 5) is 11.6. The Morgan fingerprint density at radius 2 is 1.81 bits per heavy atom. The minimum atomic E-state index is -0.290. The molecule has 2 heterocycles. The fraction of sp³-hybridized carbons (Fsp3) is 0.731. The smallest absolute Gasteiger partial charge is 0.337 e. The summed E-state index contributed by atoms with van der Waals surface area (Å²) < 4.78 is 23.1. The summed E-state index contributed by atoms with van der Waals surface area (Å²) in [5.41, 5.74) is 8.49. The van der Waals surface area contributed by atoms with Gasteiger partial charge in [-0.2, -0.15) is 0 Å². The molecule has 178 valence electrons. The molecule has 0 aromatic heterocycles. The average molecular weight is 446 g/mol. The zero-order valence-electron chi connectivity index (χ0n) is 19.6. The van der Waals surface area contributed by atoms with Crippen molar-refractivity contribution in [1.82, 2.24) is 0 Å². The third-order valence-electron chi connectivity index (χ3n) is 7.88. The van der Waals surface area contributed by atoms with Crippen molar-refractivity contribution in [2.45, 2.75) is 88.6 Å². The highest BCUT2D eigenvalue weighted by molar-refractivity contribution is 5.89. The third kappa shape index (κ3) is 5.71. The highest BCUT2D eigenvalue weighted by atomic mass is 16.5. The maximum Gasteiger partial charge on any atom is 0.337 e. The molecule has 6 heteroatoms. The number of fused-ring (bicyclic) bond motifs is 3. The van der Waals surface area contributed by atoms with Crippen molar-refractivity contribution in [3.05, 3.63) is 35.4 Å². The van der Waals surface area contributed by atoms with Gasteiger partial charge in [0.15, 0.2) is 0 Å². The predicted octanol–water partition coefficient (Wildman–Crippen LogP) is 4.21. The van der Waals surface area contributed by atoms with E-state index in [2.05, 4.69) is 19.1 Å². The molecular formula is C26H39NO5. The monoisotopic (exact) mass is 445 g/mol. The number of hydrogen-bond donors (Lipinski definition) is 1. The molecule has 32 heavy (non-hydrogen) atoms. The molecule has 2 aliphatic carbocycles. The van der Waals surface area contributed by atoms with Gasteiger partial charge in [-0.25, -0.2) is 4.79 Å². The fourth-order valence-electron chi connectivity index (χ4n) is 5.38. The van der Waals surface area contributed by atoms with E-state index in [4.69, 9.17) is 24.7 Å². The molecule has 1 aromatic rings. The van der Waals surface area contributed by atoms with Gasteiger partial charge in [0.2, 0.25) is 0 Å². The molecule has 4 fully saturated rings. The van der Waals surface area contributed by atoms with Crippen molar-refractivity contribution in [2.75, 3.05) is 26.9 Å². The number of nitrogens with two attached hydrogens (primary N) is 1. The number of rotatable bonds is 9. The van der Waals surface area contributed by atoms with Gasteiger partial charge < -0.3 is 24.7 Å². The molecule has 2 aliphatic heterocycles. The second-order valence-corrected chi connectivity index (χ2v) is 10.1. The minimum absolute atomic E-state index is 0.0197. The molecule has 4 aliphatic rings. The Morgan fingerprint density at radius 1 is 1.12 bits per heavy atom. The van der Waals surface area contributed by atoms with Crippen LogP contribution in [0.1, 0.15) is 80.1 Å². The van der Waals surface area contributed by atoms with Crippen LogP contribution in [0.4, 0.5) is 0 Å². The zero-order valence-corrected chi connectivity index (χ0v) is 19.6. The van der Waals surface area contributed by atoms with Gasteiger partial charge in [0.05, 0.1) is 56.8 Å². The summed E-state index contributed by atoms with van der Waals surface area (Å²) in [6, 6.07) is 7.70.